The lowest BCUT2D eigenvalue weighted by Crippen LogP contribution is -2.36. The quantitative estimate of drug-likeness (QED) is 0.845. The maximum Gasteiger partial charge on any atom is 0.124 e. The van der Waals surface area contributed by atoms with Crippen LogP contribution >= 0.6 is 15.9 Å². The molecule has 0 aliphatic carbocycles. The lowest BCUT2D eigenvalue weighted by molar-refractivity contribution is 0.198. The van der Waals surface area contributed by atoms with E-state index >= 15 is 0 Å². The van der Waals surface area contributed by atoms with Crippen LogP contribution in [-0.2, 0) is 6.54 Å². The molecule has 4 heteroatoms. The van der Waals surface area contributed by atoms with Crippen LogP contribution in [0.4, 0.5) is 4.39 Å². The van der Waals surface area contributed by atoms with Gasteiger partial charge in [0, 0.05) is 17.6 Å². The molecular weight excluding hydrogens is 319 g/mol. The summed E-state index contributed by atoms with van der Waals surface area (Å²) in [5.41, 5.74) is 1.17. The van der Waals surface area contributed by atoms with E-state index in [2.05, 4.69) is 33.1 Å². The molecule has 0 atom stereocenters. The summed E-state index contributed by atoms with van der Waals surface area (Å²) in [5, 5.41) is 3.42. The average Bonchev–Trinajstić information content (AvgIpc) is 2.43. The van der Waals surface area contributed by atoms with Crippen molar-refractivity contribution < 1.29 is 4.39 Å². The first-order valence-electron chi connectivity index (χ1n) is 7.56. The topological polar surface area (TPSA) is 15.3 Å². The first-order valence-corrected chi connectivity index (χ1v) is 8.35. The van der Waals surface area contributed by atoms with Crippen LogP contribution in [0.1, 0.15) is 31.7 Å². The van der Waals surface area contributed by atoms with Crippen molar-refractivity contribution in [2.45, 2.75) is 32.7 Å². The summed E-state index contributed by atoms with van der Waals surface area (Å²) < 4.78 is 14.0. The van der Waals surface area contributed by atoms with Crippen molar-refractivity contribution in [1.82, 2.24) is 10.2 Å². The Labute approximate surface area is 129 Å². The van der Waals surface area contributed by atoms with Gasteiger partial charge in [-0.15, -0.1) is 0 Å². The molecule has 1 N–H and O–H groups in total. The second-order valence-corrected chi connectivity index (χ2v) is 6.52. The van der Waals surface area contributed by atoms with E-state index in [9.17, 15) is 4.39 Å². The van der Waals surface area contributed by atoms with Crippen LogP contribution in [0.5, 0.6) is 0 Å². The smallest absolute Gasteiger partial charge is 0.124 e. The molecule has 0 unspecified atom stereocenters. The van der Waals surface area contributed by atoms with Gasteiger partial charge in [-0.2, -0.15) is 0 Å². The summed E-state index contributed by atoms with van der Waals surface area (Å²) in [4.78, 5) is 2.51. The van der Waals surface area contributed by atoms with Gasteiger partial charge in [-0.3, -0.25) is 4.90 Å². The number of piperidine rings is 1. The van der Waals surface area contributed by atoms with Gasteiger partial charge < -0.3 is 5.32 Å². The van der Waals surface area contributed by atoms with Crippen molar-refractivity contribution >= 4 is 15.9 Å². The SMILES string of the molecule is CCCN(Cc1ccc(F)cc1Br)CC1CCNCC1. The third kappa shape index (κ3) is 4.83. The molecule has 2 rings (SSSR count). The van der Waals surface area contributed by atoms with Gasteiger partial charge in [-0.25, -0.2) is 4.39 Å². The number of hydrogen-bond donors (Lipinski definition) is 1. The van der Waals surface area contributed by atoms with Gasteiger partial charge in [-0.1, -0.05) is 28.9 Å². The van der Waals surface area contributed by atoms with Crippen LogP contribution in [-0.4, -0.2) is 31.1 Å². The van der Waals surface area contributed by atoms with Crippen LogP contribution in [0, 0.1) is 11.7 Å². The van der Waals surface area contributed by atoms with Crippen LogP contribution in [0.2, 0.25) is 0 Å². The van der Waals surface area contributed by atoms with Crippen LogP contribution in [0.25, 0.3) is 0 Å². The molecule has 0 saturated carbocycles. The van der Waals surface area contributed by atoms with Gasteiger partial charge in [0.2, 0.25) is 0 Å². The molecule has 1 aromatic rings. The summed E-state index contributed by atoms with van der Waals surface area (Å²) >= 11 is 3.48. The van der Waals surface area contributed by atoms with Crippen molar-refractivity contribution in [2.24, 2.45) is 5.92 Å². The van der Waals surface area contributed by atoms with Crippen molar-refractivity contribution in [2.75, 3.05) is 26.2 Å². The molecule has 0 bridgehead atoms. The Hall–Kier alpha value is -0.450. The highest BCUT2D eigenvalue weighted by Gasteiger charge is 2.17. The maximum atomic E-state index is 13.2. The third-order valence-corrected chi connectivity index (χ3v) is 4.66. The minimum absolute atomic E-state index is 0.180. The summed E-state index contributed by atoms with van der Waals surface area (Å²) in [6.07, 6.45) is 3.69. The molecule has 1 aliphatic rings. The van der Waals surface area contributed by atoms with Crippen LogP contribution in [0.3, 0.4) is 0 Å². The van der Waals surface area contributed by atoms with E-state index in [1.807, 2.05) is 6.07 Å². The van der Waals surface area contributed by atoms with E-state index in [4.69, 9.17) is 0 Å². The van der Waals surface area contributed by atoms with Gasteiger partial charge in [0.1, 0.15) is 5.82 Å². The zero-order valence-electron chi connectivity index (χ0n) is 12.2. The zero-order chi connectivity index (χ0) is 14.4. The minimum atomic E-state index is -0.180. The number of hydrogen-bond acceptors (Lipinski definition) is 2. The standard InChI is InChI=1S/C16H24BrFN2/c1-2-9-20(11-13-5-7-19-8-6-13)12-14-3-4-15(18)10-16(14)17/h3-4,10,13,19H,2,5-9,11-12H2,1H3. The second kappa shape index (κ2) is 8.11. The van der Waals surface area contributed by atoms with Crippen LogP contribution in [0.15, 0.2) is 22.7 Å². The summed E-state index contributed by atoms with van der Waals surface area (Å²) in [6.45, 7) is 7.66. The molecule has 0 spiro atoms. The van der Waals surface area contributed by atoms with Gasteiger partial charge in [-0.05, 0) is 62.5 Å². The highest BCUT2D eigenvalue weighted by molar-refractivity contribution is 9.10. The lowest BCUT2D eigenvalue weighted by Gasteiger charge is -2.30. The largest absolute Gasteiger partial charge is 0.317 e. The van der Waals surface area contributed by atoms with E-state index in [1.54, 1.807) is 12.1 Å². The van der Waals surface area contributed by atoms with Crippen molar-refractivity contribution in [3.05, 3.63) is 34.1 Å². The molecule has 112 valence electrons. The molecule has 0 amide bonds. The fraction of sp³-hybridized carbons (Fsp3) is 0.625. The Morgan fingerprint density at radius 3 is 2.75 bits per heavy atom. The number of benzene rings is 1. The maximum absolute atomic E-state index is 13.2. The third-order valence-electron chi connectivity index (χ3n) is 3.92. The monoisotopic (exact) mass is 342 g/mol. The summed E-state index contributed by atoms with van der Waals surface area (Å²) in [5.74, 6) is 0.614. The fourth-order valence-electron chi connectivity index (χ4n) is 2.87. The Bertz CT molecular complexity index is 419. The second-order valence-electron chi connectivity index (χ2n) is 5.66. The first kappa shape index (κ1) is 15.9. The van der Waals surface area contributed by atoms with E-state index in [0.29, 0.717) is 0 Å². The van der Waals surface area contributed by atoms with E-state index in [-0.39, 0.29) is 5.82 Å². The molecule has 0 aromatic heterocycles. The molecule has 1 fully saturated rings. The highest BCUT2D eigenvalue weighted by Crippen LogP contribution is 2.21. The van der Waals surface area contributed by atoms with E-state index < -0.39 is 0 Å². The molecule has 1 aliphatic heterocycles. The molecule has 0 radical (unpaired) electrons. The number of nitrogens with one attached hydrogen (secondary N) is 1. The normalized spacial score (nSPS) is 16.8. The van der Waals surface area contributed by atoms with E-state index in [0.717, 1.165) is 49.5 Å². The zero-order valence-corrected chi connectivity index (χ0v) is 13.8. The van der Waals surface area contributed by atoms with Gasteiger partial charge in [0.25, 0.3) is 0 Å². The summed E-state index contributed by atoms with van der Waals surface area (Å²) in [6, 6.07) is 5.00. The predicted molar refractivity (Wildman–Crippen MR) is 85.3 cm³/mol. The Morgan fingerprint density at radius 1 is 1.35 bits per heavy atom. The average molecular weight is 343 g/mol. The van der Waals surface area contributed by atoms with Gasteiger partial charge in [0.05, 0.1) is 0 Å². The molecule has 2 nitrogen and oxygen atoms in total. The first-order chi connectivity index (χ1) is 9.69. The molecule has 1 saturated heterocycles. The molecule has 20 heavy (non-hydrogen) atoms. The van der Waals surface area contributed by atoms with Crippen molar-refractivity contribution in [1.29, 1.82) is 0 Å². The van der Waals surface area contributed by atoms with Crippen molar-refractivity contribution in [3.63, 3.8) is 0 Å². The molecular formula is C16H24BrFN2. The van der Waals surface area contributed by atoms with E-state index in [1.165, 1.54) is 18.4 Å². The highest BCUT2D eigenvalue weighted by atomic mass is 79.9. The summed E-state index contributed by atoms with van der Waals surface area (Å²) in [7, 11) is 0. The van der Waals surface area contributed by atoms with Gasteiger partial charge >= 0.3 is 0 Å². The molecule has 1 aromatic carbocycles. The minimum Gasteiger partial charge on any atom is -0.317 e. The Kier molecular flexibility index (Phi) is 6.46. The number of rotatable bonds is 6. The fourth-order valence-corrected chi connectivity index (χ4v) is 3.35. The predicted octanol–water partition coefficient (Wildman–Crippen LogP) is 3.80. The Morgan fingerprint density at radius 2 is 2.10 bits per heavy atom. The Balaban J connectivity index is 1.96. The molecule has 1 heterocycles. The van der Waals surface area contributed by atoms with Crippen LogP contribution < -0.4 is 5.32 Å². The van der Waals surface area contributed by atoms with Gasteiger partial charge in [0.15, 0.2) is 0 Å². The van der Waals surface area contributed by atoms with Crippen molar-refractivity contribution in [3.8, 4) is 0 Å². The number of halogens is 2. The lowest BCUT2D eigenvalue weighted by atomic mass is 9.97. The number of nitrogens with zero attached hydrogens (tertiary/aromatic N) is 1.